The lowest BCUT2D eigenvalue weighted by Crippen LogP contribution is -2.40. The fraction of sp³-hybridized carbons (Fsp3) is 0.588. The van der Waals surface area contributed by atoms with Crippen molar-refractivity contribution in [2.45, 2.75) is 57.7 Å². The van der Waals surface area contributed by atoms with E-state index >= 15 is 0 Å². The Morgan fingerprint density at radius 1 is 1.43 bits per heavy atom. The van der Waals surface area contributed by atoms with Gasteiger partial charge in [-0.25, -0.2) is 4.98 Å². The molecule has 21 heavy (non-hydrogen) atoms. The van der Waals surface area contributed by atoms with Crippen LogP contribution in [0.2, 0.25) is 18.1 Å². The molecule has 1 atom stereocenters. The van der Waals surface area contributed by atoms with Gasteiger partial charge >= 0.3 is 0 Å². The first-order valence-corrected chi connectivity index (χ1v) is 10.7. The van der Waals surface area contributed by atoms with Gasteiger partial charge in [-0.15, -0.1) is 0 Å². The van der Waals surface area contributed by atoms with Gasteiger partial charge in [-0.1, -0.05) is 19.9 Å². The third-order valence-corrected chi connectivity index (χ3v) is 8.60. The Labute approximate surface area is 128 Å². The maximum atomic E-state index is 13.7. The van der Waals surface area contributed by atoms with Gasteiger partial charge in [-0.05, 0) is 67.4 Å². The molecule has 0 radical (unpaired) electrons. The van der Waals surface area contributed by atoms with E-state index in [2.05, 4.69) is 24.9 Å². The third kappa shape index (κ3) is 3.80. The lowest BCUT2D eigenvalue weighted by molar-refractivity contribution is 0.357. The molecule has 0 saturated carbocycles. The minimum absolute atomic E-state index is 0.0164. The molecule has 2 nitrogen and oxygen atoms in total. The van der Waals surface area contributed by atoms with Crippen molar-refractivity contribution >= 4 is 13.9 Å². The first-order chi connectivity index (χ1) is 9.71. The largest absolute Gasteiger partial charge is 0.432 e. The van der Waals surface area contributed by atoms with Crippen molar-refractivity contribution in [1.29, 1.82) is 0 Å². The SMILES string of the molecule is CC(C)(CC1CC=C(c2cccnc2F)CC1)[Si](C)(C)O. The Kier molecular flexibility index (Phi) is 4.68. The zero-order chi connectivity index (χ0) is 15.7. The molecule has 0 bridgehead atoms. The summed E-state index contributed by atoms with van der Waals surface area (Å²) in [6.45, 7) is 8.39. The van der Waals surface area contributed by atoms with E-state index in [-0.39, 0.29) is 11.0 Å². The van der Waals surface area contributed by atoms with Gasteiger partial charge in [0, 0.05) is 11.8 Å². The molecule has 1 N–H and O–H groups in total. The molecule has 0 aliphatic heterocycles. The maximum absolute atomic E-state index is 13.7. The Balaban J connectivity index is 2.05. The van der Waals surface area contributed by atoms with E-state index in [1.54, 1.807) is 6.07 Å². The van der Waals surface area contributed by atoms with Gasteiger partial charge in [0.2, 0.25) is 5.95 Å². The van der Waals surface area contributed by atoms with Crippen LogP contribution in [0, 0.1) is 11.9 Å². The summed E-state index contributed by atoms with van der Waals surface area (Å²) in [5, 5.41) is 0.0164. The predicted molar refractivity (Wildman–Crippen MR) is 87.9 cm³/mol. The second kappa shape index (κ2) is 6.01. The topological polar surface area (TPSA) is 33.1 Å². The van der Waals surface area contributed by atoms with E-state index in [1.807, 2.05) is 19.2 Å². The zero-order valence-electron chi connectivity index (χ0n) is 13.5. The molecule has 4 heteroatoms. The Hall–Kier alpha value is -1.00. The summed E-state index contributed by atoms with van der Waals surface area (Å²) in [5.41, 5.74) is 1.72. The first kappa shape index (κ1) is 16.4. The molecule has 1 aliphatic rings. The van der Waals surface area contributed by atoms with Crippen molar-refractivity contribution in [3.8, 4) is 0 Å². The summed E-state index contributed by atoms with van der Waals surface area (Å²) >= 11 is 0. The van der Waals surface area contributed by atoms with Crippen LogP contribution in [0.1, 0.15) is 45.1 Å². The molecule has 1 aliphatic carbocycles. The lowest BCUT2D eigenvalue weighted by Gasteiger charge is -2.38. The van der Waals surface area contributed by atoms with Crippen molar-refractivity contribution in [3.05, 3.63) is 35.9 Å². The first-order valence-electron chi connectivity index (χ1n) is 7.73. The summed E-state index contributed by atoms with van der Waals surface area (Å²) in [5.74, 6) is 0.217. The van der Waals surface area contributed by atoms with Crippen LogP contribution in [0.4, 0.5) is 4.39 Å². The zero-order valence-corrected chi connectivity index (χ0v) is 14.5. The highest BCUT2D eigenvalue weighted by atomic mass is 28.4. The van der Waals surface area contributed by atoms with Gasteiger partial charge in [0.15, 0.2) is 8.32 Å². The fourth-order valence-corrected chi connectivity index (χ4v) is 3.70. The van der Waals surface area contributed by atoms with Gasteiger partial charge in [0.1, 0.15) is 0 Å². The molecule has 1 unspecified atom stereocenters. The fourth-order valence-electron chi connectivity index (χ4n) is 2.92. The van der Waals surface area contributed by atoms with Crippen LogP contribution in [0.25, 0.3) is 5.57 Å². The molecule has 1 aromatic rings. The van der Waals surface area contributed by atoms with E-state index in [4.69, 9.17) is 0 Å². The highest BCUT2D eigenvalue weighted by molar-refractivity contribution is 6.72. The molecule has 0 amide bonds. The molecule has 1 aromatic heterocycles. The number of rotatable bonds is 4. The molecule has 1 heterocycles. The van der Waals surface area contributed by atoms with Crippen LogP contribution in [0.15, 0.2) is 24.4 Å². The summed E-state index contributed by atoms with van der Waals surface area (Å²) in [6.07, 6.45) is 7.63. The Bertz CT molecular complexity index is 534. The van der Waals surface area contributed by atoms with Gasteiger partial charge < -0.3 is 4.80 Å². The number of hydrogen-bond acceptors (Lipinski definition) is 2. The van der Waals surface area contributed by atoms with Crippen LogP contribution in [0.5, 0.6) is 0 Å². The monoisotopic (exact) mass is 307 g/mol. The molecule has 0 spiro atoms. The predicted octanol–water partition coefficient (Wildman–Crippen LogP) is 4.77. The summed E-state index contributed by atoms with van der Waals surface area (Å²) in [7, 11) is -2.15. The van der Waals surface area contributed by atoms with Crippen molar-refractivity contribution in [3.63, 3.8) is 0 Å². The molecule has 0 saturated heterocycles. The van der Waals surface area contributed by atoms with Crippen LogP contribution in [0.3, 0.4) is 0 Å². The highest BCUT2D eigenvalue weighted by Crippen LogP contribution is 2.45. The summed E-state index contributed by atoms with van der Waals surface area (Å²) in [6, 6.07) is 3.59. The number of pyridine rings is 1. The van der Waals surface area contributed by atoms with Crippen molar-refractivity contribution < 1.29 is 9.19 Å². The van der Waals surface area contributed by atoms with Crippen molar-refractivity contribution in [2.24, 2.45) is 5.92 Å². The minimum atomic E-state index is -2.15. The summed E-state index contributed by atoms with van der Waals surface area (Å²) in [4.78, 5) is 14.1. The molecular formula is C17H26FNOSi. The Morgan fingerprint density at radius 2 is 2.14 bits per heavy atom. The van der Waals surface area contributed by atoms with Crippen LogP contribution in [-0.2, 0) is 0 Å². The number of nitrogens with zero attached hydrogens (tertiary/aromatic N) is 1. The lowest BCUT2D eigenvalue weighted by atomic mass is 9.82. The molecule has 0 aromatic carbocycles. The highest BCUT2D eigenvalue weighted by Gasteiger charge is 2.39. The average Bonchev–Trinajstić information content (AvgIpc) is 2.39. The molecule has 2 rings (SSSR count). The van der Waals surface area contributed by atoms with E-state index in [9.17, 15) is 9.19 Å². The molecule has 0 fully saturated rings. The van der Waals surface area contributed by atoms with E-state index < -0.39 is 8.32 Å². The third-order valence-electron chi connectivity index (χ3n) is 5.08. The van der Waals surface area contributed by atoms with Gasteiger partial charge in [-0.2, -0.15) is 4.39 Å². The van der Waals surface area contributed by atoms with Crippen molar-refractivity contribution in [2.75, 3.05) is 0 Å². The van der Waals surface area contributed by atoms with Crippen molar-refractivity contribution in [1.82, 2.24) is 4.98 Å². The minimum Gasteiger partial charge on any atom is -0.432 e. The second-order valence-corrected chi connectivity index (χ2v) is 11.8. The van der Waals surface area contributed by atoms with Gasteiger partial charge in [0.05, 0.1) is 0 Å². The van der Waals surface area contributed by atoms with Crippen LogP contribution in [-0.4, -0.2) is 18.1 Å². The van der Waals surface area contributed by atoms with Crippen LogP contribution < -0.4 is 0 Å². The number of hydrogen-bond donors (Lipinski definition) is 1. The van der Waals surface area contributed by atoms with Gasteiger partial charge in [-0.3, -0.25) is 0 Å². The quantitative estimate of drug-likeness (QED) is 0.642. The van der Waals surface area contributed by atoms with Crippen LogP contribution >= 0.6 is 0 Å². The number of aromatic nitrogens is 1. The molecular weight excluding hydrogens is 281 g/mol. The van der Waals surface area contributed by atoms with E-state index in [1.165, 1.54) is 6.20 Å². The van der Waals surface area contributed by atoms with E-state index in [0.29, 0.717) is 11.5 Å². The smallest absolute Gasteiger partial charge is 0.220 e. The molecule has 116 valence electrons. The second-order valence-electron chi connectivity index (χ2n) is 7.36. The Morgan fingerprint density at radius 3 is 2.67 bits per heavy atom. The van der Waals surface area contributed by atoms with E-state index in [0.717, 1.165) is 31.3 Å². The number of halogens is 1. The average molecular weight is 307 g/mol. The normalized spacial score (nSPS) is 20.3. The standard InChI is InChI=1S/C17H26FNOSi/c1-17(2,21(3,4)20)12-13-7-9-14(10-8-13)15-6-5-11-19-16(15)18/h5-6,9,11,13,20H,7-8,10,12H2,1-4H3. The maximum Gasteiger partial charge on any atom is 0.220 e. The van der Waals surface area contributed by atoms with Gasteiger partial charge in [0.25, 0.3) is 0 Å². The number of allylic oxidation sites excluding steroid dienone is 2. The summed E-state index contributed by atoms with van der Waals surface area (Å²) < 4.78 is 13.7.